The molecule has 0 aliphatic rings. The second kappa shape index (κ2) is 8.39. The first-order valence-electron chi connectivity index (χ1n) is 7.89. The summed E-state index contributed by atoms with van der Waals surface area (Å²) in [6.07, 6.45) is 0.754. The van der Waals surface area contributed by atoms with Crippen LogP contribution in [0.15, 0.2) is 40.8 Å². The molecule has 0 aliphatic carbocycles. The van der Waals surface area contributed by atoms with Crippen molar-refractivity contribution in [1.82, 2.24) is 9.36 Å². The van der Waals surface area contributed by atoms with Crippen LogP contribution in [0.5, 0.6) is 5.75 Å². The van der Waals surface area contributed by atoms with E-state index < -0.39 is 33.1 Å². The van der Waals surface area contributed by atoms with Crippen molar-refractivity contribution in [2.75, 3.05) is 6.26 Å². The Balaban J connectivity index is 1.81. The fourth-order valence-electron chi connectivity index (χ4n) is 2.27. The summed E-state index contributed by atoms with van der Waals surface area (Å²) in [5.74, 6) is -2.93. The van der Waals surface area contributed by atoms with Gasteiger partial charge in [0.05, 0.1) is 11.8 Å². The van der Waals surface area contributed by atoms with E-state index in [2.05, 4.69) is 13.8 Å². The Labute approximate surface area is 174 Å². The molecule has 3 rings (SSSR count). The molecule has 1 aromatic heterocycles. The highest BCUT2D eigenvalue weighted by molar-refractivity contribution is 7.89. The molecule has 7 nitrogen and oxygen atoms in total. The zero-order chi connectivity index (χ0) is 21.2. The van der Waals surface area contributed by atoms with E-state index in [1.807, 2.05) is 0 Å². The second-order valence-electron chi connectivity index (χ2n) is 5.75. The average Bonchev–Trinajstić information content (AvgIpc) is 3.09. The number of aromatic nitrogens is 2. The lowest BCUT2D eigenvalue weighted by Crippen LogP contribution is -2.19. The Morgan fingerprint density at radius 3 is 2.59 bits per heavy atom. The van der Waals surface area contributed by atoms with Gasteiger partial charge in [0, 0.05) is 10.6 Å². The number of rotatable bonds is 6. The number of hydrogen-bond acceptors (Lipinski definition) is 6. The molecule has 0 unspecified atom stereocenters. The number of nitrogens with zero attached hydrogens (tertiary/aromatic N) is 3. The van der Waals surface area contributed by atoms with Gasteiger partial charge in [-0.15, -0.1) is 4.40 Å². The lowest BCUT2D eigenvalue weighted by molar-refractivity contribution is 0.288. The predicted molar refractivity (Wildman–Crippen MR) is 107 cm³/mol. The van der Waals surface area contributed by atoms with E-state index in [0.29, 0.717) is 15.9 Å². The van der Waals surface area contributed by atoms with Gasteiger partial charge in [0.1, 0.15) is 18.3 Å². The summed E-state index contributed by atoms with van der Waals surface area (Å²) in [5, 5.41) is 1.02. The molecule has 3 aromatic rings. The van der Waals surface area contributed by atoms with E-state index in [0.717, 1.165) is 35.5 Å². The average molecular weight is 459 g/mol. The molecule has 29 heavy (non-hydrogen) atoms. The van der Waals surface area contributed by atoms with Gasteiger partial charge in [-0.25, -0.2) is 22.2 Å². The van der Waals surface area contributed by atoms with E-state index in [1.165, 1.54) is 0 Å². The summed E-state index contributed by atoms with van der Waals surface area (Å²) in [7, 11) is -3.94. The molecule has 0 saturated heterocycles. The Morgan fingerprint density at radius 2 is 1.93 bits per heavy atom. The summed E-state index contributed by atoms with van der Waals surface area (Å²) in [4.78, 5) is 4.29. The van der Waals surface area contributed by atoms with Crippen molar-refractivity contribution < 1.29 is 21.9 Å². The highest BCUT2D eigenvalue weighted by atomic mass is 35.5. The second-order valence-corrected chi connectivity index (χ2v) is 8.67. The van der Waals surface area contributed by atoms with Gasteiger partial charge in [-0.1, -0.05) is 11.6 Å². The Bertz CT molecular complexity index is 1180. The maximum absolute atomic E-state index is 14.6. The lowest BCUT2D eigenvalue weighted by Gasteiger charge is -2.10. The minimum Gasteiger partial charge on any atom is -0.483 e. The zero-order valence-electron chi connectivity index (χ0n) is 14.8. The number of sulfonamides is 1. The molecule has 12 heteroatoms. The minimum absolute atomic E-state index is 0.142. The fraction of sp³-hybridized carbons (Fsp3) is 0.118. The first-order chi connectivity index (χ1) is 13.6. The Hall–Kier alpha value is -2.63. The lowest BCUT2D eigenvalue weighted by atomic mass is 10.1. The molecule has 2 N–H and O–H groups in total. The fourth-order valence-corrected chi connectivity index (χ4v) is 3.42. The highest BCUT2D eigenvalue weighted by Crippen LogP contribution is 2.26. The van der Waals surface area contributed by atoms with Gasteiger partial charge in [-0.05, 0) is 47.9 Å². The van der Waals surface area contributed by atoms with Gasteiger partial charge >= 0.3 is 0 Å². The molecule has 0 amide bonds. The third-order valence-electron chi connectivity index (χ3n) is 3.50. The predicted octanol–water partition coefficient (Wildman–Crippen LogP) is 3.38. The van der Waals surface area contributed by atoms with E-state index in [-0.39, 0.29) is 12.4 Å². The number of hydrogen-bond donors (Lipinski definition) is 1. The van der Waals surface area contributed by atoms with E-state index in [4.69, 9.17) is 22.1 Å². The smallest absolute Gasteiger partial charge is 0.252 e. The van der Waals surface area contributed by atoms with Crippen LogP contribution in [0.4, 0.5) is 8.78 Å². The number of benzene rings is 2. The number of ether oxygens (including phenoxy) is 1. The van der Waals surface area contributed by atoms with Crippen molar-refractivity contribution in [3.8, 4) is 17.1 Å². The molecule has 2 aromatic carbocycles. The van der Waals surface area contributed by atoms with Crippen molar-refractivity contribution >= 4 is 39.0 Å². The van der Waals surface area contributed by atoms with Crippen molar-refractivity contribution in [3.05, 3.63) is 63.6 Å². The molecule has 0 aliphatic heterocycles. The number of amidine groups is 1. The number of halogens is 3. The topological polar surface area (TPSA) is 108 Å². The maximum Gasteiger partial charge on any atom is 0.252 e. The molecule has 0 radical (unpaired) electrons. The van der Waals surface area contributed by atoms with Crippen LogP contribution in [-0.4, -0.2) is 29.9 Å². The molecule has 0 atom stereocenters. The summed E-state index contributed by atoms with van der Waals surface area (Å²) >= 11 is 6.90. The van der Waals surface area contributed by atoms with Crippen molar-refractivity contribution in [3.63, 3.8) is 0 Å². The summed E-state index contributed by atoms with van der Waals surface area (Å²) in [5.41, 5.74) is 5.40. The van der Waals surface area contributed by atoms with Gasteiger partial charge in [-0.2, -0.15) is 4.37 Å². The van der Waals surface area contributed by atoms with E-state index in [1.54, 1.807) is 24.3 Å². The third-order valence-corrected chi connectivity index (χ3v) is 4.96. The van der Waals surface area contributed by atoms with Crippen molar-refractivity contribution in [2.45, 2.75) is 6.61 Å². The quantitative estimate of drug-likeness (QED) is 0.448. The summed E-state index contributed by atoms with van der Waals surface area (Å²) in [6, 6.07) is 8.87. The van der Waals surface area contributed by atoms with Crippen LogP contribution in [0.2, 0.25) is 5.02 Å². The molecule has 1 heterocycles. The molecule has 0 bridgehead atoms. The van der Waals surface area contributed by atoms with Crippen LogP contribution in [0, 0.1) is 11.6 Å². The largest absolute Gasteiger partial charge is 0.483 e. The molecular weight excluding hydrogens is 446 g/mol. The Kier molecular flexibility index (Phi) is 6.10. The molecular formula is C17H13ClF2N4O3S2. The molecule has 0 fully saturated rings. The first kappa shape index (κ1) is 21.1. The van der Waals surface area contributed by atoms with E-state index in [9.17, 15) is 17.2 Å². The van der Waals surface area contributed by atoms with Crippen LogP contribution in [0.1, 0.15) is 10.6 Å². The van der Waals surface area contributed by atoms with Crippen molar-refractivity contribution in [2.24, 2.45) is 10.1 Å². The normalized spacial score (nSPS) is 12.2. The first-order valence-corrected chi connectivity index (χ1v) is 10.9. The zero-order valence-corrected chi connectivity index (χ0v) is 17.2. The van der Waals surface area contributed by atoms with Crippen LogP contribution in [0.3, 0.4) is 0 Å². The van der Waals surface area contributed by atoms with Gasteiger partial charge in [0.15, 0.2) is 22.4 Å². The van der Waals surface area contributed by atoms with Crippen LogP contribution < -0.4 is 10.5 Å². The Morgan fingerprint density at radius 1 is 1.24 bits per heavy atom. The monoisotopic (exact) mass is 458 g/mol. The van der Waals surface area contributed by atoms with Gasteiger partial charge in [0.25, 0.3) is 10.0 Å². The van der Waals surface area contributed by atoms with Crippen LogP contribution in [-0.2, 0) is 16.6 Å². The SMILES string of the molecule is CS(=O)(=O)/N=C(\N)c1c(F)ccc(OCc2nc(-c3ccc(Cl)cc3)ns2)c1F. The molecule has 0 spiro atoms. The third kappa shape index (κ3) is 5.25. The van der Waals surface area contributed by atoms with E-state index >= 15 is 0 Å². The molecule has 152 valence electrons. The molecule has 0 saturated carbocycles. The minimum atomic E-state index is -3.94. The highest BCUT2D eigenvalue weighted by Gasteiger charge is 2.20. The van der Waals surface area contributed by atoms with Gasteiger partial charge in [-0.3, -0.25) is 0 Å². The maximum atomic E-state index is 14.6. The summed E-state index contributed by atoms with van der Waals surface area (Å²) in [6.45, 7) is -0.142. The van der Waals surface area contributed by atoms with Crippen LogP contribution in [0.25, 0.3) is 11.4 Å². The van der Waals surface area contributed by atoms with Gasteiger partial charge in [0.2, 0.25) is 0 Å². The van der Waals surface area contributed by atoms with Crippen molar-refractivity contribution in [1.29, 1.82) is 0 Å². The van der Waals surface area contributed by atoms with Crippen LogP contribution >= 0.6 is 23.1 Å². The van der Waals surface area contributed by atoms with Gasteiger partial charge < -0.3 is 10.5 Å². The summed E-state index contributed by atoms with van der Waals surface area (Å²) < 4.78 is 63.6. The number of nitrogens with two attached hydrogens (primary N) is 1. The standard InChI is InChI=1S/C17H13ClF2N4O3S2/c1-29(25,26)24-16(21)14-11(19)6-7-12(15(14)20)27-8-13-22-17(23-28-13)9-2-4-10(18)5-3-9/h2-7H,8H2,1H3,(H2,21,24).